The number of thioether (sulfide) groups is 1. The number of hydrogen-bond donors (Lipinski definition) is 2. The standard InChI is InChI=1S/C14H19N3OS/c15-14(16-18)12-5-3-7-17(12)8-10-9-19-13-6-2-1-4-11(10)13/h1-2,4,6,10,12,18H,3,5,7-9H2,(H2,15,16). The fourth-order valence-electron chi connectivity index (χ4n) is 3.11. The molecule has 0 aromatic heterocycles. The van der Waals surface area contributed by atoms with Gasteiger partial charge >= 0.3 is 0 Å². The van der Waals surface area contributed by atoms with Crippen molar-refractivity contribution in [1.82, 2.24) is 4.90 Å². The Morgan fingerprint density at radius 1 is 1.47 bits per heavy atom. The quantitative estimate of drug-likeness (QED) is 0.384. The molecule has 4 nitrogen and oxygen atoms in total. The summed E-state index contributed by atoms with van der Waals surface area (Å²) in [5, 5.41) is 12.1. The fourth-order valence-corrected chi connectivity index (χ4v) is 4.35. The van der Waals surface area contributed by atoms with Gasteiger partial charge in [0.15, 0.2) is 5.84 Å². The highest BCUT2D eigenvalue weighted by atomic mass is 32.2. The summed E-state index contributed by atoms with van der Waals surface area (Å²) in [6.45, 7) is 2.05. The van der Waals surface area contributed by atoms with E-state index in [0.717, 1.165) is 31.7 Å². The number of fused-ring (bicyclic) bond motifs is 1. The van der Waals surface area contributed by atoms with E-state index in [4.69, 9.17) is 10.9 Å². The van der Waals surface area contributed by atoms with E-state index in [1.807, 2.05) is 11.8 Å². The van der Waals surface area contributed by atoms with Gasteiger partial charge in [-0.2, -0.15) is 0 Å². The zero-order valence-electron chi connectivity index (χ0n) is 10.8. The van der Waals surface area contributed by atoms with Crippen LogP contribution < -0.4 is 5.73 Å². The Kier molecular flexibility index (Phi) is 3.66. The number of nitrogens with zero attached hydrogens (tertiary/aromatic N) is 2. The zero-order chi connectivity index (χ0) is 13.2. The average molecular weight is 277 g/mol. The normalized spacial score (nSPS) is 27.7. The van der Waals surface area contributed by atoms with Gasteiger partial charge in [-0.3, -0.25) is 4.90 Å². The number of hydrogen-bond acceptors (Lipinski definition) is 4. The molecule has 0 aliphatic carbocycles. The molecule has 3 N–H and O–H groups in total. The van der Waals surface area contributed by atoms with Crippen molar-refractivity contribution >= 4 is 17.6 Å². The molecule has 5 heteroatoms. The van der Waals surface area contributed by atoms with E-state index in [-0.39, 0.29) is 6.04 Å². The van der Waals surface area contributed by atoms with E-state index in [9.17, 15) is 0 Å². The van der Waals surface area contributed by atoms with Gasteiger partial charge in [0, 0.05) is 23.1 Å². The molecule has 0 amide bonds. The van der Waals surface area contributed by atoms with Gasteiger partial charge in [0.2, 0.25) is 0 Å². The highest BCUT2D eigenvalue weighted by Gasteiger charge is 2.32. The van der Waals surface area contributed by atoms with Crippen LogP contribution >= 0.6 is 11.8 Å². The van der Waals surface area contributed by atoms with Gasteiger partial charge in [0.05, 0.1) is 6.04 Å². The lowest BCUT2D eigenvalue weighted by atomic mass is 10.0. The minimum Gasteiger partial charge on any atom is -0.409 e. The van der Waals surface area contributed by atoms with Gasteiger partial charge in [-0.15, -0.1) is 11.8 Å². The van der Waals surface area contributed by atoms with Gasteiger partial charge in [0.25, 0.3) is 0 Å². The van der Waals surface area contributed by atoms with Gasteiger partial charge in [-0.1, -0.05) is 23.4 Å². The summed E-state index contributed by atoms with van der Waals surface area (Å²) in [6.07, 6.45) is 2.12. The first-order valence-corrected chi connectivity index (χ1v) is 7.71. The van der Waals surface area contributed by atoms with Crippen molar-refractivity contribution in [3.63, 3.8) is 0 Å². The summed E-state index contributed by atoms with van der Waals surface area (Å²) in [5.41, 5.74) is 7.25. The van der Waals surface area contributed by atoms with E-state index in [1.165, 1.54) is 10.5 Å². The zero-order valence-corrected chi connectivity index (χ0v) is 11.6. The molecular weight excluding hydrogens is 258 g/mol. The van der Waals surface area contributed by atoms with Crippen molar-refractivity contribution in [2.45, 2.75) is 29.7 Å². The third-order valence-corrected chi connectivity index (χ3v) is 5.33. The second-order valence-electron chi connectivity index (χ2n) is 5.22. The first-order valence-electron chi connectivity index (χ1n) is 6.73. The Hall–Kier alpha value is -1.20. The number of benzene rings is 1. The maximum atomic E-state index is 8.86. The fraction of sp³-hybridized carbons (Fsp3) is 0.500. The first-order chi connectivity index (χ1) is 9.29. The molecule has 1 aromatic carbocycles. The number of amidine groups is 1. The maximum absolute atomic E-state index is 8.86. The van der Waals surface area contributed by atoms with E-state index in [2.05, 4.69) is 34.3 Å². The monoisotopic (exact) mass is 277 g/mol. The van der Waals surface area contributed by atoms with Crippen molar-refractivity contribution in [2.24, 2.45) is 10.9 Å². The minimum atomic E-state index is 0.114. The molecule has 2 aliphatic heterocycles. The van der Waals surface area contributed by atoms with Crippen LogP contribution in [-0.4, -0.2) is 40.8 Å². The Morgan fingerprint density at radius 3 is 3.16 bits per heavy atom. The van der Waals surface area contributed by atoms with Crippen LogP contribution in [0.5, 0.6) is 0 Å². The lowest BCUT2D eigenvalue weighted by molar-refractivity contribution is 0.272. The maximum Gasteiger partial charge on any atom is 0.156 e. The Labute approximate surface area is 117 Å². The van der Waals surface area contributed by atoms with Crippen LogP contribution in [0.3, 0.4) is 0 Å². The van der Waals surface area contributed by atoms with Crippen molar-refractivity contribution < 1.29 is 5.21 Å². The van der Waals surface area contributed by atoms with Crippen molar-refractivity contribution in [3.8, 4) is 0 Å². The molecule has 102 valence electrons. The van der Waals surface area contributed by atoms with E-state index in [0.29, 0.717) is 11.8 Å². The Bertz CT molecular complexity index is 491. The van der Waals surface area contributed by atoms with Crippen LogP contribution in [-0.2, 0) is 0 Å². The molecule has 1 fully saturated rings. The Morgan fingerprint density at radius 2 is 2.32 bits per heavy atom. The minimum absolute atomic E-state index is 0.114. The van der Waals surface area contributed by atoms with Crippen LogP contribution in [0, 0.1) is 0 Å². The van der Waals surface area contributed by atoms with Gasteiger partial charge in [0.1, 0.15) is 0 Å². The molecule has 2 atom stereocenters. The smallest absolute Gasteiger partial charge is 0.156 e. The summed E-state index contributed by atoms with van der Waals surface area (Å²) in [5.74, 6) is 2.06. The lowest BCUT2D eigenvalue weighted by Crippen LogP contribution is -2.42. The average Bonchev–Trinajstić information content (AvgIpc) is 3.06. The third kappa shape index (κ3) is 2.44. The van der Waals surface area contributed by atoms with E-state index < -0.39 is 0 Å². The molecule has 19 heavy (non-hydrogen) atoms. The van der Waals surface area contributed by atoms with Crippen molar-refractivity contribution in [3.05, 3.63) is 29.8 Å². The van der Waals surface area contributed by atoms with E-state index >= 15 is 0 Å². The molecule has 0 saturated carbocycles. The SMILES string of the molecule is NC(=NO)C1CCCN1CC1CSc2ccccc21. The molecule has 2 heterocycles. The summed E-state index contributed by atoms with van der Waals surface area (Å²) in [4.78, 5) is 3.77. The van der Waals surface area contributed by atoms with Crippen LogP contribution in [0.25, 0.3) is 0 Å². The van der Waals surface area contributed by atoms with Crippen LogP contribution in [0.2, 0.25) is 0 Å². The third-order valence-electron chi connectivity index (χ3n) is 4.07. The number of nitrogens with two attached hydrogens (primary N) is 1. The molecule has 1 saturated heterocycles. The summed E-state index contributed by atoms with van der Waals surface area (Å²) < 4.78 is 0. The molecule has 0 radical (unpaired) electrons. The molecule has 0 bridgehead atoms. The lowest BCUT2D eigenvalue weighted by Gasteiger charge is -2.26. The molecule has 3 rings (SSSR count). The topological polar surface area (TPSA) is 61.9 Å². The molecule has 2 aliphatic rings. The predicted octanol–water partition coefficient (Wildman–Crippen LogP) is 2.09. The summed E-state index contributed by atoms with van der Waals surface area (Å²) in [7, 11) is 0. The largest absolute Gasteiger partial charge is 0.409 e. The van der Waals surface area contributed by atoms with Gasteiger partial charge in [-0.25, -0.2) is 0 Å². The molecule has 1 aromatic rings. The van der Waals surface area contributed by atoms with Gasteiger partial charge in [-0.05, 0) is 31.0 Å². The van der Waals surface area contributed by atoms with Crippen molar-refractivity contribution in [1.29, 1.82) is 0 Å². The highest BCUT2D eigenvalue weighted by Crippen LogP contribution is 2.40. The number of oxime groups is 1. The van der Waals surface area contributed by atoms with Crippen molar-refractivity contribution in [2.75, 3.05) is 18.8 Å². The summed E-state index contributed by atoms with van der Waals surface area (Å²) >= 11 is 1.94. The number of likely N-dealkylation sites (tertiary alicyclic amines) is 1. The molecule has 2 unspecified atom stereocenters. The highest BCUT2D eigenvalue weighted by molar-refractivity contribution is 7.99. The van der Waals surface area contributed by atoms with Crippen LogP contribution in [0.15, 0.2) is 34.3 Å². The Balaban J connectivity index is 1.73. The molecule has 0 spiro atoms. The molecular formula is C14H19N3OS. The predicted molar refractivity (Wildman–Crippen MR) is 77.9 cm³/mol. The second-order valence-corrected chi connectivity index (χ2v) is 6.29. The first kappa shape index (κ1) is 12.8. The second kappa shape index (κ2) is 5.43. The van der Waals surface area contributed by atoms with E-state index in [1.54, 1.807) is 0 Å². The van der Waals surface area contributed by atoms with Gasteiger partial charge < -0.3 is 10.9 Å². The number of rotatable bonds is 3. The van der Waals surface area contributed by atoms with Crippen LogP contribution in [0.4, 0.5) is 0 Å². The summed E-state index contributed by atoms with van der Waals surface area (Å²) in [6, 6.07) is 8.76. The van der Waals surface area contributed by atoms with Crippen LogP contribution in [0.1, 0.15) is 24.3 Å².